The van der Waals surface area contributed by atoms with Gasteiger partial charge in [0.15, 0.2) is 5.75 Å². The second kappa shape index (κ2) is 5.94. The number of nitrogens with one attached hydrogen (secondary N) is 1. The fraction of sp³-hybridized carbons (Fsp3) is 0.300. The molecule has 4 nitrogen and oxygen atoms in total. The Morgan fingerprint density at radius 2 is 2.06 bits per heavy atom. The first-order valence-electron chi connectivity index (χ1n) is 4.52. The van der Waals surface area contributed by atoms with E-state index in [1.165, 1.54) is 13.2 Å². The second-order valence-corrected chi connectivity index (χ2v) is 3.73. The molecule has 1 amide bonds. The minimum atomic E-state index is -0.432. The zero-order valence-electron chi connectivity index (χ0n) is 8.59. The van der Waals surface area contributed by atoms with Crippen LogP contribution in [0, 0.1) is 0 Å². The van der Waals surface area contributed by atoms with Crippen molar-refractivity contribution in [3.8, 4) is 5.75 Å². The van der Waals surface area contributed by atoms with E-state index in [1.54, 1.807) is 6.07 Å². The number of aliphatic hydroxyl groups is 1. The van der Waals surface area contributed by atoms with E-state index < -0.39 is 5.91 Å². The Morgan fingerprint density at radius 3 is 2.62 bits per heavy atom. The van der Waals surface area contributed by atoms with Gasteiger partial charge in [0.2, 0.25) is 0 Å². The van der Waals surface area contributed by atoms with Crippen LogP contribution in [0.1, 0.15) is 10.4 Å². The average molecular weight is 264 g/mol. The highest BCUT2D eigenvalue weighted by atomic mass is 35.5. The van der Waals surface area contributed by atoms with Crippen LogP contribution in [0.5, 0.6) is 5.75 Å². The highest BCUT2D eigenvalue weighted by Gasteiger charge is 2.18. The van der Waals surface area contributed by atoms with Crippen molar-refractivity contribution in [1.82, 2.24) is 5.32 Å². The maximum absolute atomic E-state index is 11.7. The average Bonchev–Trinajstić information content (AvgIpc) is 2.28. The molecule has 16 heavy (non-hydrogen) atoms. The summed E-state index contributed by atoms with van der Waals surface area (Å²) in [6.07, 6.45) is 0. The van der Waals surface area contributed by atoms with E-state index in [0.29, 0.717) is 5.02 Å². The molecule has 1 aromatic carbocycles. The van der Waals surface area contributed by atoms with E-state index in [1.807, 2.05) is 0 Å². The molecule has 6 heteroatoms. The van der Waals surface area contributed by atoms with Gasteiger partial charge in [0.05, 0.1) is 23.8 Å². The summed E-state index contributed by atoms with van der Waals surface area (Å²) in [5, 5.41) is 11.6. The van der Waals surface area contributed by atoms with Crippen LogP contribution >= 0.6 is 23.2 Å². The van der Waals surface area contributed by atoms with Crippen LogP contribution in [0.2, 0.25) is 10.0 Å². The van der Waals surface area contributed by atoms with Crippen LogP contribution in [-0.4, -0.2) is 31.3 Å². The largest absolute Gasteiger partial charge is 0.494 e. The molecule has 0 bridgehead atoms. The summed E-state index contributed by atoms with van der Waals surface area (Å²) in [4.78, 5) is 11.7. The van der Waals surface area contributed by atoms with Crippen LogP contribution < -0.4 is 10.1 Å². The summed E-state index contributed by atoms with van der Waals surface area (Å²) >= 11 is 11.8. The molecule has 0 unspecified atom stereocenters. The Bertz CT molecular complexity index is 396. The lowest BCUT2D eigenvalue weighted by atomic mass is 10.2. The molecule has 1 rings (SSSR count). The molecule has 0 aliphatic rings. The monoisotopic (exact) mass is 263 g/mol. The topological polar surface area (TPSA) is 58.6 Å². The van der Waals surface area contributed by atoms with Gasteiger partial charge in [0.1, 0.15) is 5.56 Å². The minimum Gasteiger partial charge on any atom is -0.494 e. The molecule has 0 spiro atoms. The minimum absolute atomic E-state index is 0.144. The Labute approximate surface area is 103 Å². The number of methoxy groups -OCH3 is 1. The fourth-order valence-corrected chi connectivity index (χ4v) is 1.67. The summed E-state index contributed by atoms with van der Waals surface area (Å²) in [6, 6.07) is 3.06. The van der Waals surface area contributed by atoms with Crippen molar-refractivity contribution in [2.45, 2.75) is 0 Å². The third-order valence-corrected chi connectivity index (χ3v) is 2.50. The van der Waals surface area contributed by atoms with E-state index in [-0.39, 0.29) is 29.5 Å². The molecule has 1 aromatic rings. The van der Waals surface area contributed by atoms with E-state index in [0.717, 1.165) is 0 Å². The molecular weight excluding hydrogens is 253 g/mol. The predicted molar refractivity (Wildman–Crippen MR) is 62.4 cm³/mol. The van der Waals surface area contributed by atoms with Gasteiger partial charge in [-0.1, -0.05) is 23.2 Å². The molecule has 0 saturated carbocycles. The van der Waals surface area contributed by atoms with Crippen LogP contribution in [-0.2, 0) is 0 Å². The summed E-state index contributed by atoms with van der Waals surface area (Å²) < 4.78 is 5.02. The number of carbonyl (C=O) groups is 1. The van der Waals surface area contributed by atoms with Gasteiger partial charge in [-0.2, -0.15) is 0 Å². The van der Waals surface area contributed by atoms with Crippen molar-refractivity contribution in [2.24, 2.45) is 0 Å². The van der Waals surface area contributed by atoms with E-state index in [2.05, 4.69) is 5.32 Å². The number of halogens is 2. The van der Waals surface area contributed by atoms with Gasteiger partial charge in [-0.05, 0) is 12.1 Å². The molecule has 2 N–H and O–H groups in total. The molecular formula is C10H11Cl2NO3. The van der Waals surface area contributed by atoms with Crippen molar-refractivity contribution in [3.05, 3.63) is 27.7 Å². The Hall–Kier alpha value is -0.970. The number of aliphatic hydroxyl groups excluding tert-OH is 1. The van der Waals surface area contributed by atoms with Crippen LogP contribution in [0.3, 0.4) is 0 Å². The van der Waals surface area contributed by atoms with Crippen molar-refractivity contribution in [2.75, 3.05) is 20.3 Å². The molecule has 0 aliphatic carbocycles. The number of amides is 1. The van der Waals surface area contributed by atoms with E-state index in [9.17, 15) is 4.79 Å². The fourth-order valence-electron chi connectivity index (χ4n) is 1.20. The lowest BCUT2D eigenvalue weighted by Gasteiger charge is -2.11. The first kappa shape index (κ1) is 13.1. The Balaban J connectivity index is 3.10. The van der Waals surface area contributed by atoms with Gasteiger partial charge in [-0.25, -0.2) is 0 Å². The van der Waals surface area contributed by atoms with E-state index >= 15 is 0 Å². The number of hydrogen-bond acceptors (Lipinski definition) is 3. The highest BCUT2D eigenvalue weighted by molar-refractivity contribution is 6.37. The SMILES string of the molecule is COc1c(Cl)ccc(Cl)c1C(=O)NCCO. The zero-order chi connectivity index (χ0) is 12.1. The predicted octanol–water partition coefficient (Wildman–Crippen LogP) is 1.72. The van der Waals surface area contributed by atoms with Gasteiger partial charge in [0, 0.05) is 6.54 Å². The first-order chi connectivity index (χ1) is 7.61. The van der Waals surface area contributed by atoms with Gasteiger partial charge in [0.25, 0.3) is 5.91 Å². The van der Waals surface area contributed by atoms with Crippen molar-refractivity contribution in [1.29, 1.82) is 0 Å². The van der Waals surface area contributed by atoms with Crippen LogP contribution in [0.15, 0.2) is 12.1 Å². The first-order valence-corrected chi connectivity index (χ1v) is 5.28. The smallest absolute Gasteiger partial charge is 0.256 e. The summed E-state index contributed by atoms with van der Waals surface area (Å²) in [5.74, 6) is -0.206. The van der Waals surface area contributed by atoms with Gasteiger partial charge >= 0.3 is 0 Å². The van der Waals surface area contributed by atoms with Crippen molar-refractivity contribution < 1.29 is 14.6 Å². The van der Waals surface area contributed by atoms with Gasteiger partial charge < -0.3 is 15.2 Å². The maximum Gasteiger partial charge on any atom is 0.256 e. The quantitative estimate of drug-likeness (QED) is 0.870. The summed E-state index contributed by atoms with van der Waals surface area (Å²) in [7, 11) is 1.40. The molecule has 0 aliphatic heterocycles. The van der Waals surface area contributed by atoms with Crippen molar-refractivity contribution in [3.63, 3.8) is 0 Å². The number of rotatable bonds is 4. The number of ether oxygens (including phenoxy) is 1. The summed E-state index contributed by atoms with van der Waals surface area (Å²) in [5.41, 5.74) is 0.171. The Morgan fingerprint density at radius 1 is 1.44 bits per heavy atom. The lowest BCUT2D eigenvalue weighted by Crippen LogP contribution is -2.27. The highest BCUT2D eigenvalue weighted by Crippen LogP contribution is 2.33. The third-order valence-electron chi connectivity index (χ3n) is 1.89. The molecule has 88 valence electrons. The molecule has 0 atom stereocenters. The standard InChI is InChI=1S/C10H11Cl2NO3/c1-16-9-7(12)3-2-6(11)8(9)10(15)13-4-5-14/h2-3,14H,4-5H2,1H3,(H,13,15). The molecule has 0 aromatic heterocycles. The zero-order valence-corrected chi connectivity index (χ0v) is 10.1. The third kappa shape index (κ3) is 2.78. The molecule has 0 saturated heterocycles. The molecule has 0 radical (unpaired) electrons. The van der Waals surface area contributed by atoms with Gasteiger partial charge in [-0.3, -0.25) is 4.79 Å². The van der Waals surface area contributed by atoms with E-state index in [4.69, 9.17) is 33.0 Å². The number of benzene rings is 1. The van der Waals surface area contributed by atoms with Crippen LogP contribution in [0.4, 0.5) is 0 Å². The summed E-state index contributed by atoms with van der Waals surface area (Å²) in [6.45, 7) is -0.00291. The second-order valence-electron chi connectivity index (χ2n) is 2.92. The number of hydrogen-bond donors (Lipinski definition) is 2. The molecule has 0 fully saturated rings. The normalized spacial score (nSPS) is 10.0. The number of carbonyl (C=O) groups excluding carboxylic acids is 1. The van der Waals surface area contributed by atoms with Crippen molar-refractivity contribution >= 4 is 29.1 Å². The maximum atomic E-state index is 11.7. The Kier molecular flexibility index (Phi) is 4.86. The van der Waals surface area contributed by atoms with Gasteiger partial charge in [-0.15, -0.1) is 0 Å². The molecule has 0 heterocycles. The van der Waals surface area contributed by atoms with Crippen LogP contribution in [0.25, 0.3) is 0 Å². The lowest BCUT2D eigenvalue weighted by molar-refractivity contribution is 0.0942.